The Bertz CT molecular complexity index is 1690. The number of rotatable bonds is 7. The van der Waals surface area contributed by atoms with E-state index in [4.69, 9.17) is 21.1 Å². The minimum Gasteiger partial charge on any atom is -0.497 e. The second-order valence-electron chi connectivity index (χ2n) is 8.46. The number of carbonyl (C=O) groups excluding carboxylic acids is 1. The minimum atomic E-state index is -0.395. The topological polar surface area (TPSA) is 88.2 Å². The van der Waals surface area contributed by atoms with Crippen molar-refractivity contribution in [3.05, 3.63) is 105 Å². The number of hydrogen-bond donors (Lipinski definition) is 0. The number of methoxy groups -OCH3 is 1. The molecule has 0 atom stereocenters. The molecule has 8 nitrogen and oxygen atoms in total. The predicted molar refractivity (Wildman–Crippen MR) is 141 cm³/mol. The Balaban J connectivity index is 1.36. The van der Waals surface area contributed by atoms with E-state index in [0.717, 1.165) is 10.9 Å². The number of nitrogens with zero attached hydrogens (tertiary/aromatic N) is 4. The fraction of sp³-hybridized carbons (Fsp3) is 0.143. The number of fused-ring (bicyclic) bond motifs is 1. The summed E-state index contributed by atoms with van der Waals surface area (Å²) in [6, 6.07) is 17.7. The van der Waals surface area contributed by atoms with Crippen molar-refractivity contribution in [2.75, 3.05) is 7.11 Å². The first-order valence-electron chi connectivity index (χ1n) is 11.5. The Morgan fingerprint density at radius 2 is 1.84 bits per heavy atom. The van der Waals surface area contributed by atoms with Crippen molar-refractivity contribution >= 4 is 28.3 Å². The zero-order valence-electron chi connectivity index (χ0n) is 20.4. The third kappa shape index (κ3) is 4.71. The van der Waals surface area contributed by atoms with Gasteiger partial charge in [-0.1, -0.05) is 17.7 Å². The number of ketones is 1. The summed E-state index contributed by atoms with van der Waals surface area (Å²) in [5.74, 6) is 1.54. The monoisotopic (exact) mass is 514 g/mol. The van der Waals surface area contributed by atoms with E-state index in [2.05, 4.69) is 9.97 Å². The van der Waals surface area contributed by atoms with Gasteiger partial charge in [0.2, 0.25) is 0 Å². The van der Waals surface area contributed by atoms with Crippen molar-refractivity contribution < 1.29 is 14.3 Å². The molecule has 0 saturated heterocycles. The van der Waals surface area contributed by atoms with Crippen molar-refractivity contribution in [3.8, 4) is 22.9 Å². The fourth-order valence-electron chi connectivity index (χ4n) is 4.20. The number of pyridine rings is 2. The van der Waals surface area contributed by atoms with Crippen LogP contribution in [0.25, 0.3) is 16.6 Å². The van der Waals surface area contributed by atoms with Crippen LogP contribution in [-0.4, -0.2) is 32.2 Å². The van der Waals surface area contributed by atoms with Crippen molar-refractivity contribution in [2.24, 2.45) is 7.05 Å². The quantitative estimate of drug-likeness (QED) is 0.274. The summed E-state index contributed by atoms with van der Waals surface area (Å²) in [5.41, 5.74) is 2.16. The predicted octanol–water partition coefficient (Wildman–Crippen LogP) is 5.31. The van der Waals surface area contributed by atoms with Crippen LogP contribution >= 0.6 is 11.6 Å². The molecule has 0 aliphatic heterocycles. The van der Waals surface area contributed by atoms with E-state index in [9.17, 15) is 9.59 Å². The number of ether oxygens (including phenoxy) is 2. The number of halogens is 1. The summed E-state index contributed by atoms with van der Waals surface area (Å²) in [6.07, 6.45) is 3.20. The molecule has 3 aromatic heterocycles. The summed E-state index contributed by atoms with van der Waals surface area (Å²) in [4.78, 5) is 35.1. The fourth-order valence-corrected chi connectivity index (χ4v) is 4.39. The Morgan fingerprint density at radius 1 is 1.03 bits per heavy atom. The Hall–Kier alpha value is -4.43. The summed E-state index contributed by atoms with van der Waals surface area (Å²) >= 11 is 6.10. The molecule has 0 N–H and O–H groups in total. The lowest BCUT2D eigenvalue weighted by Crippen LogP contribution is -2.23. The van der Waals surface area contributed by atoms with E-state index >= 15 is 0 Å². The smallest absolute Gasteiger partial charge is 0.282 e. The zero-order chi connectivity index (χ0) is 26.1. The average molecular weight is 515 g/mol. The SMILES string of the molecule is COc1ccc2c(Oc3ccc(CC(=O)c4c(C)n(C)n(-c5cccc(Cl)c5)c4=O)nc3)ccnc2c1. The van der Waals surface area contributed by atoms with Gasteiger partial charge in [0.25, 0.3) is 5.56 Å². The lowest BCUT2D eigenvalue weighted by atomic mass is 10.1. The third-order valence-corrected chi connectivity index (χ3v) is 6.40. The van der Waals surface area contributed by atoms with Crippen LogP contribution in [-0.2, 0) is 13.5 Å². The van der Waals surface area contributed by atoms with Gasteiger partial charge in [0.15, 0.2) is 5.78 Å². The van der Waals surface area contributed by atoms with Gasteiger partial charge in [-0.15, -0.1) is 0 Å². The van der Waals surface area contributed by atoms with Crippen LogP contribution in [0.3, 0.4) is 0 Å². The molecular formula is C28H23ClN4O4. The molecule has 0 saturated carbocycles. The lowest BCUT2D eigenvalue weighted by molar-refractivity contribution is 0.0990. The van der Waals surface area contributed by atoms with Gasteiger partial charge < -0.3 is 9.47 Å². The van der Waals surface area contributed by atoms with E-state index in [0.29, 0.717) is 39.3 Å². The molecular weight excluding hydrogens is 492 g/mol. The minimum absolute atomic E-state index is 0.0199. The molecule has 0 amide bonds. The molecule has 0 aliphatic carbocycles. The lowest BCUT2D eigenvalue weighted by Gasteiger charge is -2.09. The Morgan fingerprint density at radius 3 is 2.57 bits per heavy atom. The van der Waals surface area contributed by atoms with Gasteiger partial charge in [-0.05, 0) is 55.5 Å². The highest BCUT2D eigenvalue weighted by molar-refractivity contribution is 6.30. The molecule has 3 heterocycles. The van der Waals surface area contributed by atoms with Crippen LogP contribution in [0.4, 0.5) is 0 Å². The summed E-state index contributed by atoms with van der Waals surface area (Å²) < 4.78 is 14.4. The number of aromatic nitrogens is 4. The second-order valence-corrected chi connectivity index (χ2v) is 8.90. The maximum absolute atomic E-state index is 13.2. The van der Waals surface area contributed by atoms with E-state index in [1.54, 1.807) is 80.6 Å². The highest BCUT2D eigenvalue weighted by Gasteiger charge is 2.22. The van der Waals surface area contributed by atoms with Gasteiger partial charge in [-0.2, -0.15) is 0 Å². The average Bonchev–Trinajstić information content (AvgIpc) is 3.12. The molecule has 5 rings (SSSR count). The highest BCUT2D eigenvalue weighted by Crippen LogP contribution is 2.30. The maximum atomic E-state index is 13.2. The Labute approximate surface area is 217 Å². The standard InChI is InChI=1S/C28H23ClN4O4/c1-17-27(28(35)33(32(17)2)20-6-4-5-18(29)13-20)25(34)14-19-7-8-22(16-31-19)37-26-11-12-30-24-15-21(36-3)9-10-23(24)26/h4-13,15-16H,14H2,1-3H3. The first kappa shape index (κ1) is 24.3. The summed E-state index contributed by atoms with van der Waals surface area (Å²) in [5, 5.41) is 1.33. The van der Waals surface area contributed by atoms with E-state index < -0.39 is 5.56 Å². The number of benzene rings is 2. The molecule has 0 fully saturated rings. The van der Waals surface area contributed by atoms with Crippen LogP contribution in [0.5, 0.6) is 17.2 Å². The van der Waals surface area contributed by atoms with Crippen molar-refractivity contribution in [2.45, 2.75) is 13.3 Å². The molecule has 0 aliphatic rings. The molecule has 186 valence electrons. The second kappa shape index (κ2) is 9.91. The van der Waals surface area contributed by atoms with E-state index in [-0.39, 0.29) is 17.8 Å². The number of hydrogen-bond acceptors (Lipinski definition) is 6. The number of carbonyl (C=O) groups is 1. The van der Waals surface area contributed by atoms with Gasteiger partial charge in [0.05, 0.1) is 30.9 Å². The molecule has 0 bridgehead atoms. The van der Waals surface area contributed by atoms with Crippen LogP contribution in [0.1, 0.15) is 21.7 Å². The first-order chi connectivity index (χ1) is 17.9. The van der Waals surface area contributed by atoms with Crippen molar-refractivity contribution in [3.63, 3.8) is 0 Å². The highest BCUT2D eigenvalue weighted by atomic mass is 35.5. The maximum Gasteiger partial charge on any atom is 0.282 e. The van der Waals surface area contributed by atoms with Gasteiger partial charge in [0.1, 0.15) is 22.8 Å². The van der Waals surface area contributed by atoms with Crippen LogP contribution in [0, 0.1) is 6.92 Å². The molecule has 2 aromatic carbocycles. The molecule has 0 radical (unpaired) electrons. The summed E-state index contributed by atoms with van der Waals surface area (Å²) in [6.45, 7) is 1.74. The first-order valence-corrected chi connectivity index (χ1v) is 11.9. The molecule has 9 heteroatoms. The van der Waals surface area contributed by atoms with Gasteiger partial charge in [-0.25, -0.2) is 4.68 Å². The molecule has 0 unspecified atom stereocenters. The van der Waals surface area contributed by atoms with Gasteiger partial charge in [0, 0.05) is 41.1 Å². The molecule has 5 aromatic rings. The van der Waals surface area contributed by atoms with Crippen LogP contribution in [0.15, 0.2) is 77.9 Å². The largest absolute Gasteiger partial charge is 0.497 e. The van der Waals surface area contributed by atoms with Gasteiger partial charge in [-0.3, -0.25) is 24.2 Å². The van der Waals surface area contributed by atoms with E-state index in [1.807, 2.05) is 18.2 Å². The zero-order valence-corrected chi connectivity index (χ0v) is 21.2. The molecule has 37 heavy (non-hydrogen) atoms. The van der Waals surface area contributed by atoms with Crippen LogP contribution in [0.2, 0.25) is 5.02 Å². The third-order valence-electron chi connectivity index (χ3n) is 6.16. The van der Waals surface area contributed by atoms with Crippen molar-refractivity contribution in [1.29, 1.82) is 0 Å². The normalized spacial score (nSPS) is 11.0. The Kier molecular flexibility index (Phi) is 6.50. The number of Topliss-reactive ketones (excluding diaryl/α,β-unsaturated/α-hetero) is 1. The summed E-state index contributed by atoms with van der Waals surface area (Å²) in [7, 11) is 3.34. The van der Waals surface area contributed by atoms with Crippen molar-refractivity contribution in [1.82, 2.24) is 19.3 Å². The van der Waals surface area contributed by atoms with E-state index in [1.165, 1.54) is 4.68 Å². The van der Waals surface area contributed by atoms with Crippen LogP contribution < -0.4 is 15.0 Å². The molecule has 0 spiro atoms. The van der Waals surface area contributed by atoms with Gasteiger partial charge >= 0.3 is 0 Å².